The van der Waals surface area contributed by atoms with Crippen molar-refractivity contribution in [1.29, 1.82) is 0 Å². The number of halogens is 1. The first-order valence-electron chi connectivity index (χ1n) is 4.31. The van der Waals surface area contributed by atoms with Gasteiger partial charge in [-0.1, -0.05) is 11.3 Å². The summed E-state index contributed by atoms with van der Waals surface area (Å²) in [5, 5.41) is 10.9. The van der Waals surface area contributed by atoms with Crippen molar-refractivity contribution in [2.24, 2.45) is 0 Å². The highest BCUT2D eigenvalue weighted by Gasteiger charge is 2.11. The normalized spacial score (nSPS) is 19.2. The summed E-state index contributed by atoms with van der Waals surface area (Å²) in [7, 11) is 0. The summed E-state index contributed by atoms with van der Waals surface area (Å²) in [4.78, 5) is 0. The molecule has 0 unspecified atom stereocenters. The maximum atomic E-state index is 5.68. The van der Waals surface area contributed by atoms with Gasteiger partial charge in [0.2, 0.25) is 4.47 Å². The Morgan fingerprint density at radius 3 is 3.00 bits per heavy atom. The van der Waals surface area contributed by atoms with E-state index < -0.39 is 0 Å². The van der Waals surface area contributed by atoms with Gasteiger partial charge in [0.15, 0.2) is 0 Å². The Kier molecular flexibility index (Phi) is 3.10. The molecular formula is C7H11ClN4S. The molecule has 0 bridgehead atoms. The third kappa shape index (κ3) is 2.60. The van der Waals surface area contributed by atoms with E-state index in [4.69, 9.17) is 11.6 Å². The molecule has 1 aliphatic heterocycles. The molecule has 0 saturated carbocycles. The minimum Gasteiger partial charge on any atom is -0.255 e. The van der Waals surface area contributed by atoms with Crippen molar-refractivity contribution >= 4 is 22.9 Å². The first-order chi connectivity index (χ1) is 6.34. The summed E-state index contributed by atoms with van der Waals surface area (Å²) in [6.45, 7) is 2.95. The molecule has 0 aliphatic carbocycles. The Hall–Kier alpha value is -0.230. The van der Waals surface area contributed by atoms with E-state index in [9.17, 15) is 0 Å². The van der Waals surface area contributed by atoms with Crippen LogP contribution in [-0.4, -0.2) is 28.3 Å². The molecule has 0 atom stereocenters. The van der Waals surface area contributed by atoms with E-state index in [-0.39, 0.29) is 0 Å². The minimum atomic E-state index is 0.520. The van der Waals surface area contributed by atoms with Gasteiger partial charge in [-0.25, -0.2) is 5.01 Å². The van der Waals surface area contributed by atoms with E-state index in [0.29, 0.717) is 4.47 Å². The van der Waals surface area contributed by atoms with Crippen LogP contribution in [0.3, 0.4) is 0 Å². The van der Waals surface area contributed by atoms with E-state index in [0.717, 1.165) is 24.6 Å². The molecule has 0 amide bonds. The Bertz CT molecular complexity index is 271. The number of rotatable bonds is 2. The molecule has 2 rings (SSSR count). The number of hydrazine groups is 1. The summed E-state index contributed by atoms with van der Waals surface area (Å²) in [5.74, 6) is 0. The molecule has 1 N–H and O–H groups in total. The van der Waals surface area contributed by atoms with Crippen molar-refractivity contribution in [1.82, 2.24) is 20.6 Å². The highest BCUT2D eigenvalue weighted by Crippen LogP contribution is 2.16. The van der Waals surface area contributed by atoms with E-state index in [1.54, 1.807) is 0 Å². The van der Waals surface area contributed by atoms with Crippen LogP contribution < -0.4 is 5.43 Å². The molecular weight excluding hydrogens is 208 g/mol. The molecule has 4 nitrogen and oxygen atoms in total. The molecule has 13 heavy (non-hydrogen) atoms. The lowest BCUT2D eigenvalue weighted by atomic mass is 10.3. The lowest BCUT2D eigenvalue weighted by Gasteiger charge is -2.26. The van der Waals surface area contributed by atoms with Crippen molar-refractivity contribution in [3.63, 3.8) is 0 Å². The lowest BCUT2D eigenvalue weighted by molar-refractivity contribution is 0.144. The molecule has 6 heteroatoms. The fourth-order valence-corrected chi connectivity index (χ4v) is 2.22. The van der Waals surface area contributed by atoms with Gasteiger partial charge in [0, 0.05) is 13.1 Å². The van der Waals surface area contributed by atoms with Crippen LogP contribution in [0.25, 0.3) is 0 Å². The van der Waals surface area contributed by atoms with E-state index in [1.165, 1.54) is 24.2 Å². The Morgan fingerprint density at radius 2 is 2.38 bits per heavy atom. The first-order valence-corrected chi connectivity index (χ1v) is 5.50. The van der Waals surface area contributed by atoms with Crippen LogP contribution in [-0.2, 0) is 6.54 Å². The second-order valence-corrected chi connectivity index (χ2v) is 4.63. The fourth-order valence-electron chi connectivity index (χ4n) is 1.34. The number of aromatic nitrogens is 2. The molecule has 1 aromatic heterocycles. The molecule has 0 aromatic carbocycles. The topological polar surface area (TPSA) is 41.1 Å². The van der Waals surface area contributed by atoms with Gasteiger partial charge in [-0.15, -0.1) is 10.2 Å². The smallest absolute Gasteiger partial charge is 0.207 e. The summed E-state index contributed by atoms with van der Waals surface area (Å²) >= 11 is 7.13. The largest absolute Gasteiger partial charge is 0.255 e. The molecule has 1 saturated heterocycles. The van der Waals surface area contributed by atoms with Gasteiger partial charge in [-0.05, 0) is 24.4 Å². The SMILES string of the molecule is Clc1nnc(CN2CCCCN2)s1. The Morgan fingerprint density at radius 1 is 1.46 bits per heavy atom. The fraction of sp³-hybridized carbons (Fsp3) is 0.714. The lowest BCUT2D eigenvalue weighted by Crippen LogP contribution is -2.42. The van der Waals surface area contributed by atoms with Crippen LogP contribution in [0.5, 0.6) is 0 Å². The summed E-state index contributed by atoms with van der Waals surface area (Å²) in [6, 6.07) is 0. The van der Waals surface area contributed by atoms with Gasteiger partial charge in [0.1, 0.15) is 5.01 Å². The maximum Gasteiger partial charge on any atom is 0.207 e. The number of nitrogens with zero attached hydrogens (tertiary/aromatic N) is 3. The molecule has 2 heterocycles. The first kappa shape index (κ1) is 9.33. The minimum absolute atomic E-state index is 0.520. The molecule has 1 aliphatic rings. The zero-order chi connectivity index (χ0) is 9.10. The van der Waals surface area contributed by atoms with Crippen molar-refractivity contribution in [3.05, 3.63) is 9.47 Å². The number of nitrogens with one attached hydrogen (secondary N) is 1. The molecule has 0 radical (unpaired) electrons. The Balaban J connectivity index is 1.89. The van der Waals surface area contributed by atoms with Crippen LogP contribution in [0.2, 0.25) is 4.47 Å². The van der Waals surface area contributed by atoms with Gasteiger partial charge in [-0.3, -0.25) is 5.43 Å². The van der Waals surface area contributed by atoms with Gasteiger partial charge in [-0.2, -0.15) is 0 Å². The second-order valence-electron chi connectivity index (χ2n) is 2.99. The predicted molar refractivity (Wildman–Crippen MR) is 52.6 cm³/mol. The predicted octanol–water partition coefficient (Wildman–Crippen LogP) is 1.29. The van der Waals surface area contributed by atoms with Crippen LogP contribution in [0.4, 0.5) is 0 Å². The van der Waals surface area contributed by atoms with Crippen molar-refractivity contribution in [2.45, 2.75) is 19.4 Å². The molecule has 72 valence electrons. The quantitative estimate of drug-likeness (QED) is 0.813. The highest BCUT2D eigenvalue weighted by atomic mass is 35.5. The number of hydrogen-bond donors (Lipinski definition) is 1. The second kappa shape index (κ2) is 4.32. The highest BCUT2D eigenvalue weighted by molar-refractivity contribution is 7.15. The third-order valence-corrected chi connectivity index (χ3v) is 2.96. The van der Waals surface area contributed by atoms with E-state index >= 15 is 0 Å². The van der Waals surface area contributed by atoms with Crippen LogP contribution >= 0.6 is 22.9 Å². The molecule has 1 fully saturated rings. The van der Waals surface area contributed by atoms with Gasteiger partial charge < -0.3 is 0 Å². The monoisotopic (exact) mass is 218 g/mol. The molecule has 0 spiro atoms. The summed E-state index contributed by atoms with van der Waals surface area (Å²) < 4.78 is 0.520. The zero-order valence-electron chi connectivity index (χ0n) is 7.16. The van der Waals surface area contributed by atoms with Gasteiger partial charge in [0.05, 0.1) is 6.54 Å². The Labute approximate surface area is 85.9 Å². The van der Waals surface area contributed by atoms with Crippen LogP contribution in [0.15, 0.2) is 0 Å². The zero-order valence-corrected chi connectivity index (χ0v) is 8.74. The van der Waals surface area contributed by atoms with Crippen molar-refractivity contribution in [3.8, 4) is 0 Å². The van der Waals surface area contributed by atoms with Crippen molar-refractivity contribution in [2.75, 3.05) is 13.1 Å². The molecule has 1 aromatic rings. The average molecular weight is 219 g/mol. The van der Waals surface area contributed by atoms with Crippen LogP contribution in [0, 0.1) is 0 Å². The average Bonchev–Trinajstić information content (AvgIpc) is 2.53. The van der Waals surface area contributed by atoms with Gasteiger partial charge >= 0.3 is 0 Å². The summed E-state index contributed by atoms with van der Waals surface area (Å²) in [5.41, 5.74) is 3.31. The van der Waals surface area contributed by atoms with Crippen LogP contribution in [0.1, 0.15) is 17.8 Å². The van der Waals surface area contributed by atoms with Crippen molar-refractivity contribution < 1.29 is 0 Å². The standard InChI is InChI=1S/C7H11ClN4S/c8-7-11-10-6(13-7)5-12-4-2-1-3-9-12/h9H,1-5H2. The van der Waals surface area contributed by atoms with Gasteiger partial charge in [0.25, 0.3) is 0 Å². The third-order valence-electron chi connectivity index (χ3n) is 1.96. The van der Waals surface area contributed by atoms with E-state index in [2.05, 4.69) is 20.6 Å². The van der Waals surface area contributed by atoms with E-state index in [1.807, 2.05) is 0 Å². The maximum absolute atomic E-state index is 5.68. The summed E-state index contributed by atoms with van der Waals surface area (Å²) in [6.07, 6.45) is 2.51. The number of hydrogen-bond acceptors (Lipinski definition) is 5.